The Kier molecular flexibility index (Phi) is 5.89. The van der Waals surface area contributed by atoms with Crippen molar-refractivity contribution in [2.45, 2.75) is 32.1 Å². The number of benzene rings is 1. The van der Waals surface area contributed by atoms with Crippen molar-refractivity contribution in [3.8, 4) is 5.75 Å². The monoisotopic (exact) mass is 348 g/mol. The summed E-state index contributed by atoms with van der Waals surface area (Å²) in [4.78, 5) is 28.5. The highest BCUT2D eigenvalue weighted by atomic mass is 19.1. The lowest BCUT2D eigenvalue weighted by Gasteiger charge is -2.33. The fraction of sp³-hybridized carbons (Fsp3) is 0.579. The van der Waals surface area contributed by atoms with Crippen molar-refractivity contribution in [1.82, 2.24) is 9.80 Å². The number of rotatable bonds is 5. The Hall–Kier alpha value is -2.11. The molecule has 0 aromatic heterocycles. The summed E-state index contributed by atoms with van der Waals surface area (Å²) in [6.45, 7) is 3.33. The molecular formula is C19H25FN2O3. The third-order valence-electron chi connectivity index (χ3n) is 5.01. The largest absolute Gasteiger partial charge is 0.493 e. The number of ether oxygens (including phenoxy) is 1. The molecule has 25 heavy (non-hydrogen) atoms. The molecule has 1 aromatic rings. The zero-order chi connectivity index (χ0) is 17.6. The molecule has 2 aliphatic heterocycles. The van der Waals surface area contributed by atoms with Crippen LogP contribution in [0.3, 0.4) is 0 Å². The van der Waals surface area contributed by atoms with Crippen LogP contribution in [-0.2, 0) is 9.59 Å². The van der Waals surface area contributed by atoms with Crippen LogP contribution in [0.1, 0.15) is 32.1 Å². The lowest BCUT2D eigenvalue weighted by atomic mass is 9.95. The lowest BCUT2D eigenvalue weighted by Crippen LogP contribution is -2.44. The standard InChI is InChI=1S/C19H25FN2O3/c20-16-3-5-17(6-4-16)25-14-9-18(23)21-12-7-15(8-13-21)19(24)22-10-1-2-11-22/h3-6,15H,1-2,7-14H2. The maximum absolute atomic E-state index is 12.8. The van der Waals surface area contributed by atoms with Gasteiger partial charge in [-0.25, -0.2) is 4.39 Å². The van der Waals surface area contributed by atoms with Crippen LogP contribution >= 0.6 is 0 Å². The van der Waals surface area contributed by atoms with Crippen molar-refractivity contribution >= 4 is 11.8 Å². The normalized spacial score (nSPS) is 18.4. The van der Waals surface area contributed by atoms with Gasteiger partial charge >= 0.3 is 0 Å². The Balaban J connectivity index is 1.37. The van der Waals surface area contributed by atoms with E-state index >= 15 is 0 Å². The molecule has 2 heterocycles. The average Bonchev–Trinajstić information content (AvgIpc) is 3.17. The molecule has 0 unspecified atom stereocenters. The second-order valence-corrected chi connectivity index (χ2v) is 6.74. The molecule has 2 saturated heterocycles. The molecule has 0 saturated carbocycles. The van der Waals surface area contributed by atoms with Crippen LogP contribution in [0.4, 0.5) is 4.39 Å². The highest BCUT2D eigenvalue weighted by Crippen LogP contribution is 2.22. The molecule has 2 fully saturated rings. The summed E-state index contributed by atoms with van der Waals surface area (Å²) in [6, 6.07) is 5.77. The van der Waals surface area contributed by atoms with E-state index < -0.39 is 0 Å². The third-order valence-corrected chi connectivity index (χ3v) is 5.01. The number of nitrogens with zero attached hydrogens (tertiary/aromatic N) is 2. The summed E-state index contributed by atoms with van der Waals surface area (Å²) in [6.07, 6.45) is 4.01. The molecule has 0 radical (unpaired) electrons. The fourth-order valence-electron chi connectivity index (χ4n) is 3.52. The first kappa shape index (κ1) is 17.7. The number of amides is 2. The zero-order valence-electron chi connectivity index (χ0n) is 14.5. The van der Waals surface area contributed by atoms with Gasteiger partial charge in [-0.3, -0.25) is 9.59 Å². The van der Waals surface area contributed by atoms with E-state index in [2.05, 4.69) is 0 Å². The minimum absolute atomic E-state index is 0.0502. The molecule has 0 spiro atoms. The molecule has 0 atom stereocenters. The van der Waals surface area contributed by atoms with Gasteiger partial charge in [-0.15, -0.1) is 0 Å². The fourth-order valence-corrected chi connectivity index (χ4v) is 3.52. The number of carbonyl (C=O) groups excluding carboxylic acids is 2. The molecule has 1 aromatic carbocycles. The average molecular weight is 348 g/mol. The van der Waals surface area contributed by atoms with Crippen molar-refractivity contribution in [1.29, 1.82) is 0 Å². The smallest absolute Gasteiger partial charge is 0.225 e. The molecule has 0 aliphatic carbocycles. The minimum Gasteiger partial charge on any atom is -0.493 e. The highest BCUT2D eigenvalue weighted by molar-refractivity contribution is 5.80. The van der Waals surface area contributed by atoms with Crippen LogP contribution < -0.4 is 4.74 Å². The van der Waals surface area contributed by atoms with Gasteiger partial charge in [0, 0.05) is 32.1 Å². The van der Waals surface area contributed by atoms with Crippen LogP contribution in [0.15, 0.2) is 24.3 Å². The van der Waals surface area contributed by atoms with Crippen LogP contribution in [0.2, 0.25) is 0 Å². The number of halogens is 1. The van der Waals surface area contributed by atoms with Gasteiger partial charge in [-0.05, 0) is 49.9 Å². The number of carbonyl (C=O) groups is 2. The van der Waals surface area contributed by atoms with E-state index in [0.717, 1.165) is 38.8 Å². The quantitative estimate of drug-likeness (QED) is 0.821. The van der Waals surface area contributed by atoms with Gasteiger partial charge in [-0.2, -0.15) is 0 Å². The van der Waals surface area contributed by atoms with E-state index in [4.69, 9.17) is 4.74 Å². The van der Waals surface area contributed by atoms with Gasteiger partial charge in [0.25, 0.3) is 0 Å². The van der Waals surface area contributed by atoms with Crippen LogP contribution in [0, 0.1) is 11.7 Å². The van der Waals surface area contributed by atoms with Gasteiger partial charge in [0.15, 0.2) is 0 Å². The van der Waals surface area contributed by atoms with Crippen molar-refractivity contribution < 1.29 is 18.7 Å². The first-order valence-corrected chi connectivity index (χ1v) is 9.08. The summed E-state index contributed by atoms with van der Waals surface area (Å²) in [5.41, 5.74) is 0. The molecular weight excluding hydrogens is 323 g/mol. The highest BCUT2D eigenvalue weighted by Gasteiger charge is 2.30. The number of hydrogen-bond donors (Lipinski definition) is 0. The van der Waals surface area contributed by atoms with Crippen molar-refractivity contribution in [2.24, 2.45) is 5.92 Å². The van der Waals surface area contributed by atoms with Crippen LogP contribution in [-0.4, -0.2) is 54.4 Å². The van der Waals surface area contributed by atoms with E-state index in [1.165, 1.54) is 12.1 Å². The lowest BCUT2D eigenvalue weighted by molar-refractivity contribution is -0.140. The molecule has 0 N–H and O–H groups in total. The number of piperidine rings is 1. The number of hydrogen-bond acceptors (Lipinski definition) is 3. The Morgan fingerprint density at radius 2 is 1.64 bits per heavy atom. The van der Waals surface area contributed by atoms with Gasteiger partial charge in [0.05, 0.1) is 13.0 Å². The Labute approximate surface area is 147 Å². The topological polar surface area (TPSA) is 49.9 Å². The molecule has 2 amide bonds. The van der Waals surface area contributed by atoms with Gasteiger partial charge in [0.2, 0.25) is 11.8 Å². The Morgan fingerprint density at radius 1 is 1.00 bits per heavy atom. The maximum atomic E-state index is 12.8. The predicted octanol–water partition coefficient (Wildman–Crippen LogP) is 2.46. The Bertz CT molecular complexity index is 591. The van der Waals surface area contributed by atoms with Crippen molar-refractivity contribution in [2.75, 3.05) is 32.8 Å². The molecule has 136 valence electrons. The zero-order valence-corrected chi connectivity index (χ0v) is 14.5. The molecule has 3 rings (SSSR count). The molecule has 2 aliphatic rings. The Morgan fingerprint density at radius 3 is 2.28 bits per heavy atom. The summed E-state index contributed by atoms with van der Waals surface area (Å²) in [7, 11) is 0. The summed E-state index contributed by atoms with van der Waals surface area (Å²) < 4.78 is 18.3. The molecule has 0 bridgehead atoms. The first-order chi connectivity index (χ1) is 12.1. The van der Waals surface area contributed by atoms with Crippen LogP contribution in [0.5, 0.6) is 5.75 Å². The van der Waals surface area contributed by atoms with Gasteiger partial charge in [0.1, 0.15) is 11.6 Å². The van der Waals surface area contributed by atoms with Gasteiger partial charge in [-0.1, -0.05) is 0 Å². The van der Waals surface area contributed by atoms with E-state index in [1.54, 1.807) is 12.1 Å². The third kappa shape index (κ3) is 4.71. The summed E-state index contributed by atoms with van der Waals surface area (Å²) in [5, 5.41) is 0. The van der Waals surface area contributed by atoms with E-state index in [9.17, 15) is 14.0 Å². The van der Waals surface area contributed by atoms with Crippen molar-refractivity contribution in [3.05, 3.63) is 30.1 Å². The van der Waals surface area contributed by atoms with Gasteiger partial charge < -0.3 is 14.5 Å². The SMILES string of the molecule is O=C(CCOc1ccc(F)cc1)N1CCC(C(=O)N2CCCC2)CC1. The van der Waals surface area contributed by atoms with E-state index in [-0.39, 0.29) is 30.2 Å². The van der Waals surface area contributed by atoms with Crippen molar-refractivity contribution in [3.63, 3.8) is 0 Å². The van der Waals surface area contributed by atoms with E-state index in [1.807, 2.05) is 9.80 Å². The predicted molar refractivity (Wildman–Crippen MR) is 91.6 cm³/mol. The first-order valence-electron chi connectivity index (χ1n) is 9.08. The minimum atomic E-state index is -0.310. The summed E-state index contributed by atoms with van der Waals surface area (Å²) in [5.74, 6) is 0.634. The molecule has 5 nitrogen and oxygen atoms in total. The maximum Gasteiger partial charge on any atom is 0.225 e. The second kappa shape index (κ2) is 8.32. The van der Waals surface area contributed by atoms with Crippen LogP contribution in [0.25, 0.3) is 0 Å². The summed E-state index contributed by atoms with van der Waals surface area (Å²) >= 11 is 0. The van der Waals surface area contributed by atoms with E-state index in [0.29, 0.717) is 25.3 Å². The second-order valence-electron chi connectivity index (χ2n) is 6.74. The number of likely N-dealkylation sites (tertiary alicyclic amines) is 2. The molecule has 6 heteroatoms.